The average molecular weight is 461 g/mol. The maximum Gasteiger partial charge on any atom is 0.332 e. The van der Waals surface area contributed by atoms with Crippen LogP contribution in [0.3, 0.4) is 0 Å². The molecule has 178 valence electrons. The maximum atomic E-state index is 12.3. The molecule has 13 nitrogen and oxygen atoms in total. The van der Waals surface area contributed by atoms with Crippen LogP contribution in [0.25, 0.3) is 11.2 Å². The number of rotatable bonds is 6. The van der Waals surface area contributed by atoms with Crippen molar-refractivity contribution >= 4 is 17.1 Å². The molecule has 4 rings (SSSR count). The standard InChI is InChI=1S/C20H27N7O6/c1-11-4-6-22-27(11)7-5-14(28)23-12-9-33-13(17(30)16(12)29)8-26-10-21-15-18(26)24(2)20(32)25(3)19(15)31/h4,6,10,12-13,16-17,29-30H,5,7-9H2,1-3H3,(H,23,28)/t12-,13-,16+,17-/m1/s1. The van der Waals surface area contributed by atoms with Crippen molar-refractivity contribution in [2.24, 2.45) is 14.1 Å². The van der Waals surface area contributed by atoms with Gasteiger partial charge in [0.15, 0.2) is 5.52 Å². The molecule has 0 aromatic carbocycles. The molecule has 13 heteroatoms. The van der Waals surface area contributed by atoms with Gasteiger partial charge in [-0.05, 0) is 13.0 Å². The molecule has 0 radical (unpaired) electrons. The van der Waals surface area contributed by atoms with Gasteiger partial charge in [-0.3, -0.25) is 23.4 Å². The summed E-state index contributed by atoms with van der Waals surface area (Å²) in [4.78, 5) is 41.0. The van der Waals surface area contributed by atoms with E-state index in [4.69, 9.17) is 4.74 Å². The highest BCUT2D eigenvalue weighted by atomic mass is 16.5. The van der Waals surface area contributed by atoms with E-state index in [0.717, 1.165) is 10.3 Å². The fourth-order valence-corrected chi connectivity index (χ4v) is 4.06. The molecule has 3 aromatic rings. The number of aromatic nitrogens is 6. The molecule has 0 saturated carbocycles. The molecule has 0 aliphatic carbocycles. The number of amides is 1. The Labute approximate surface area is 187 Å². The predicted molar refractivity (Wildman–Crippen MR) is 115 cm³/mol. The number of imidazole rings is 1. The summed E-state index contributed by atoms with van der Waals surface area (Å²) in [6, 6.07) is 1.06. The van der Waals surface area contributed by atoms with Crippen LogP contribution in [0.1, 0.15) is 12.1 Å². The monoisotopic (exact) mass is 461 g/mol. The van der Waals surface area contributed by atoms with Crippen molar-refractivity contribution in [1.82, 2.24) is 33.8 Å². The van der Waals surface area contributed by atoms with Crippen molar-refractivity contribution in [1.29, 1.82) is 0 Å². The first-order chi connectivity index (χ1) is 15.7. The lowest BCUT2D eigenvalue weighted by molar-refractivity contribution is -0.158. The van der Waals surface area contributed by atoms with Crippen LogP contribution in [0.4, 0.5) is 0 Å². The van der Waals surface area contributed by atoms with Gasteiger partial charge in [0.05, 0.1) is 25.5 Å². The molecule has 33 heavy (non-hydrogen) atoms. The molecule has 1 amide bonds. The number of carbonyl (C=O) groups excluding carboxylic acids is 1. The number of nitrogens with one attached hydrogen (secondary N) is 1. The number of aliphatic hydroxyl groups excluding tert-OH is 2. The summed E-state index contributed by atoms with van der Waals surface area (Å²) in [6.07, 6.45) is -0.198. The Morgan fingerprint density at radius 1 is 1.24 bits per heavy atom. The lowest BCUT2D eigenvalue weighted by Gasteiger charge is -2.38. The van der Waals surface area contributed by atoms with Crippen LogP contribution in [0.5, 0.6) is 0 Å². The molecule has 3 N–H and O–H groups in total. The molecular formula is C20H27N7O6. The van der Waals surface area contributed by atoms with Gasteiger partial charge >= 0.3 is 5.69 Å². The fraction of sp³-hybridized carbons (Fsp3) is 0.550. The van der Waals surface area contributed by atoms with Gasteiger partial charge in [0.1, 0.15) is 24.0 Å². The molecular weight excluding hydrogens is 434 g/mol. The SMILES string of the molecule is Cc1ccnn1CCC(=O)N[C@@H]1CO[C@H](Cn2cnc3c(=O)n(C)c(=O)n(C)c32)[C@@H](O)[C@H]1O. The summed E-state index contributed by atoms with van der Waals surface area (Å²) in [6.45, 7) is 2.32. The first-order valence-electron chi connectivity index (χ1n) is 10.6. The van der Waals surface area contributed by atoms with Gasteiger partial charge in [0.2, 0.25) is 5.91 Å². The van der Waals surface area contributed by atoms with Crippen molar-refractivity contribution in [3.05, 3.63) is 45.1 Å². The lowest BCUT2D eigenvalue weighted by atomic mass is 9.97. The molecule has 1 aliphatic rings. The number of fused-ring (bicyclic) bond motifs is 1. The number of aliphatic hydroxyl groups is 2. The van der Waals surface area contributed by atoms with Crippen LogP contribution in [-0.4, -0.2) is 75.5 Å². The van der Waals surface area contributed by atoms with Crippen molar-refractivity contribution < 1.29 is 19.7 Å². The van der Waals surface area contributed by atoms with Gasteiger partial charge in [0.25, 0.3) is 5.56 Å². The maximum absolute atomic E-state index is 12.3. The predicted octanol–water partition coefficient (Wildman–Crippen LogP) is -2.37. The van der Waals surface area contributed by atoms with Crippen LogP contribution in [-0.2, 0) is 36.7 Å². The zero-order valence-electron chi connectivity index (χ0n) is 18.6. The van der Waals surface area contributed by atoms with E-state index in [9.17, 15) is 24.6 Å². The third kappa shape index (κ3) is 4.21. The van der Waals surface area contributed by atoms with E-state index in [1.165, 1.54) is 29.6 Å². The molecule has 1 aliphatic heterocycles. The van der Waals surface area contributed by atoms with Gasteiger partial charge in [0, 0.05) is 39.0 Å². The summed E-state index contributed by atoms with van der Waals surface area (Å²) < 4.78 is 11.2. The Balaban J connectivity index is 1.42. The van der Waals surface area contributed by atoms with Crippen LogP contribution >= 0.6 is 0 Å². The van der Waals surface area contributed by atoms with E-state index in [1.54, 1.807) is 10.9 Å². The van der Waals surface area contributed by atoms with Gasteiger partial charge in [-0.25, -0.2) is 9.78 Å². The first kappa shape index (κ1) is 22.9. The number of ether oxygens (including phenoxy) is 1. The zero-order chi connectivity index (χ0) is 23.9. The van der Waals surface area contributed by atoms with E-state index >= 15 is 0 Å². The highest BCUT2D eigenvalue weighted by molar-refractivity contribution is 5.76. The van der Waals surface area contributed by atoms with E-state index < -0.39 is 35.6 Å². The van der Waals surface area contributed by atoms with Gasteiger partial charge in [-0.1, -0.05) is 0 Å². The third-order valence-corrected chi connectivity index (χ3v) is 6.04. The molecule has 0 spiro atoms. The quantitative estimate of drug-likeness (QED) is 0.368. The molecule has 0 unspecified atom stereocenters. The van der Waals surface area contributed by atoms with Crippen LogP contribution in [0.15, 0.2) is 28.2 Å². The normalized spacial score (nSPS) is 23.2. The number of aryl methyl sites for hydroxylation is 3. The molecule has 0 bridgehead atoms. The van der Waals surface area contributed by atoms with E-state index in [2.05, 4.69) is 15.4 Å². The summed E-state index contributed by atoms with van der Waals surface area (Å²) in [7, 11) is 2.89. The minimum absolute atomic E-state index is 0.0112. The molecule has 1 fully saturated rings. The Morgan fingerprint density at radius 3 is 2.70 bits per heavy atom. The second-order valence-electron chi connectivity index (χ2n) is 8.25. The Morgan fingerprint density at radius 2 is 2.00 bits per heavy atom. The third-order valence-electron chi connectivity index (χ3n) is 6.04. The van der Waals surface area contributed by atoms with Crippen molar-refractivity contribution in [2.75, 3.05) is 6.61 Å². The van der Waals surface area contributed by atoms with Crippen LogP contribution in [0, 0.1) is 6.92 Å². The topological polar surface area (TPSA) is 158 Å². The largest absolute Gasteiger partial charge is 0.388 e. The van der Waals surface area contributed by atoms with Crippen molar-refractivity contribution in [3.8, 4) is 0 Å². The fourth-order valence-electron chi connectivity index (χ4n) is 4.06. The summed E-state index contributed by atoms with van der Waals surface area (Å²) in [5.74, 6) is -0.297. The summed E-state index contributed by atoms with van der Waals surface area (Å²) >= 11 is 0. The number of hydrogen-bond acceptors (Lipinski definition) is 8. The Kier molecular flexibility index (Phi) is 6.19. The number of hydrogen-bond donors (Lipinski definition) is 3. The minimum atomic E-state index is -1.31. The smallest absolute Gasteiger partial charge is 0.332 e. The molecule has 3 aromatic heterocycles. The van der Waals surface area contributed by atoms with Crippen LogP contribution < -0.4 is 16.6 Å². The summed E-state index contributed by atoms with van der Waals surface area (Å²) in [5, 5.41) is 28.0. The second kappa shape index (κ2) is 8.92. The van der Waals surface area contributed by atoms with Gasteiger partial charge in [-0.15, -0.1) is 0 Å². The Bertz CT molecular complexity index is 1290. The van der Waals surface area contributed by atoms with Crippen molar-refractivity contribution in [2.45, 2.75) is 50.8 Å². The average Bonchev–Trinajstić information content (AvgIpc) is 3.40. The van der Waals surface area contributed by atoms with Crippen LogP contribution in [0.2, 0.25) is 0 Å². The highest BCUT2D eigenvalue weighted by Crippen LogP contribution is 2.19. The molecule has 1 saturated heterocycles. The number of nitrogens with zero attached hydrogens (tertiary/aromatic N) is 6. The lowest BCUT2D eigenvalue weighted by Crippen LogP contribution is -2.60. The van der Waals surface area contributed by atoms with Crippen molar-refractivity contribution in [3.63, 3.8) is 0 Å². The van der Waals surface area contributed by atoms with Gasteiger partial charge in [-0.2, -0.15) is 5.10 Å². The highest BCUT2D eigenvalue weighted by Gasteiger charge is 2.39. The van der Waals surface area contributed by atoms with E-state index in [-0.39, 0.29) is 36.6 Å². The number of carbonyl (C=O) groups is 1. The van der Waals surface area contributed by atoms with E-state index in [1.807, 2.05) is 13.0 Å². The first-order valence-corrected chi connectivity index (χ1v) is 10.6. The zero-order valence-corrected chi connectivity index (χ0v) is 18.6. The van der Waals surface area contributed by atoms with E-state index in [0.29, 0.717) is 6.54 Å². The van der Waals surface area contributed by atoms with Gasteiger partial charge < -0.3 is 24.8 Å². The second-order valence-corrected chi connectivity index (χ2v) is 8.25. The Hall–Kier alpha value is -3.29. The molecule has 4 atom stereocenters. The minimum Gasteiger partial charge on any atom is -0.388 e. The molecule has 4 heterocycles. The summed E-state index contributed by atoms with van der Waals surface area (Å²) in [5.41, 5.74) is 0.308.